The van der Waals surface area contributed by atoms with Crippen LogP contribution >= 0.6 is 0 Å². The highest BCUT2D eigenvalue weighted by Crippen LogP contribution is 2.67. The zero-order valence-electron chi connectivity index (χ0n) is 20.2. The molecule has 184 valence electrons. The molecule has 6 nitrogen and oxygen atoms in total. The maximum atomic E-state index is 12.2. The predicted octanol–water partition coefficient (Wildman–Crippen LogP) is 5.50. The Morgan fingerprint density at radius 1 is 0.939 bits per heavy atom. The van der Waals surface area contributed by atoms with Crippen molar-refractivity contribution in [2.45, 2.75) is 84.7 Å². The van der Waals surface area contributed by atoms with Gasteiger partial charge in [-0.1, -0.05) is 19.9 Å². The van der Waals surface area contributed by atoms with E-state index in [9.17, 15) is 13.2 Å². The van der Waals surface area contributed by atoms with Gasteiger partial charge in [-0.25, -0.2) is 4.18 Å². The van der Waals surface area contributed by atoms with E-state index in [2.05, 4.69) is 18.8 Å². The summed E-state index contributed by atoms with van der Waals surface area (Å²) in [7, 11) is -4.37. The molecule has 4 aliphatic carbocycles. The molecule has 33 heavy (non-hydrogen) atoms. The van der Waals surface area contributed by atoms with Crippen LogP contribution in [0.2, 0.25) is 0 Å². The molecule has 8 atom stereocenters. The van der Waals surface area contributed by atoms with Crippen LogP contribution in [-0.4, -0.2) is 29.8 Å². The first-order chi connectivity index (χ1) is 15.5. The van der Waals surface area contributed by atoms with E-state index in [-0.39, 0.29) is 22.9 Å². The summed E-state index contributed by atoms with van der Waals surface area (Å²) < 4.78 is 36.2. The summed E-state index contributed by atoms with van der Waals surface area (Å²) in [6.45, 7) is 6.57. The summed E-state index contributed by atoms with van der Waals surface area (Å²) in [6, 6.07) is 5.72. The highest BCUT2D eigenvalue weighted by atomic mass is 32.3. The average Bonchev–Trinajstić information content (AvgIpc) is 3.12. The smallest absolute Gasteiger partial charge is 0.300 e. The van der Waals surface area contributed by atoms with E-state index in [4.69, 9.17) is 8.74 Å². The maximum absolute atomic E-state index is 12.2. The van der Waals surface area contributed by atoms with Crippen LogP contribution in [0, 0.1) is 40.4 Å². The number of Topliss-reactive ketones (excluding diaryl/α,β-unsaturated/α-hetero) is 1. The fraction of sp³-hybridized carbons (Fsp3) is 0.769. The predicted molar refractivity (Wildman–Crippen MR) is 127 cm³/mol. The highest BCUT2D eigenvalue weighted by molar-refractivity contribution is 7.80. The van der Waals surface area contributed by atoms with Gasteiger partial charge in [-0.2, -0.15) is 8.42 Å². The molecule has 1 aromatic heterocycles. The molecule has 4 fully saturated rings. The van der Waals surface area contributed by atoms with Crippen molar-refractivity contribution >= 4 is 16.2 Å². The average molecular weight is 478 g/mol. The molecule has 0 amide bonds. The molecule has 0 aliphatic heterocycles. The number of hydrogen-bond donors (Lipinski definition) is 1. The second-order valence-corrected chi connectivity index (χ2v) is 12.4. The second-order valence-electron chi connectivity index (χ2n) is 11.4. The molecule has 0 bridgehead atoms. The number of hydrogen-bond acceptors (Lipinski definition) is 5. The zero-order chi connectivity index (χ0) is 23.9. The summed E-state index contributed by atoms with van der Waals surface area (Å²) in [5.41, 5.74) is 0.416. The lowest BCUT2D eigenvalue weighted by Crippen LogP contribution is -2.54. The lowest BCUT2D eigenvalue weighted by molar-refractivity contribution is -0.137. The van der Waals surface area contributed by atoms with Crippen molar-refractivity contribution < 1.29 is 21.9 Å². The van der Waals surface area contributed by atoms with E-state index >= 15 is 0 Å². The van der Waals surface area contributed by atoms with E-state index in [1.165, 1.54) is 19.3 Å². The van der Waals surface area contributed by atoms with E-state index in [1.807, 2.05) is 18.2 Å². The molecular formula is C26H39NO5S. The Morgan fingerprint density at radius 3 is 2.18 bits per heavy atom. The Morgan fingerprint density at radius 2 is 1.61 bits per heavy atom. The number of carbonyl (C=O) groups excluding carboxylic acids is 1. The van der Waals surface area contributed by atoms with Crippen LogP contribution in [0.1, 0.15) is 78.6 Å². The van der Waals surface area contributed by atoms with Gasteiger partial charge < -0.3 is 0 Å². The molecule has 7 heteroatoms. The lowest BCUT2D eigenvalue weighted by Gasteiger charge is -2.61. The van der Waals surface area contributed by atoms with Crippen LogP contribution < -0.4 is 0 Å². The number of carbonyl (C=O) groups is 1. The summed E-state index contributed by atoms with van der Waals surface area (Å²) in [5, 5.41) is 0. The SMILES string of the molecule is CC(=O)C1CCC2C3CCC4CC(OS(=O)(=O)O)CCC4(C)C3CCC12C.c1ccncc1. The van der Waals surface area contributed by atoms with Crippen molar-refractivity contribution in [3.05, 3.63) is 30.6 Å². The normalized spacial score (nSPS) is 42.2. The highest BCUT2D eigenvalue weighted by Gasteiger charge is 2.60. The fourth-order valence-electron chi connectivity index (χ4n) is 8.46. The Kier molecular flexibility index (Phi) is 7.05. The van der Waals surface area contributed by atoms with Crippen LogP contribution in [0.15, 0.2) is 30.6 Å². The molecule has 0 spiro atoms. The largest absolute Gasteiger partial charge is 0.397 e. The van der Waals surface area contributed by atoms with Gasteiger partial charge in [0.25, 0.3) is 0 Å². The van der Waals surface area contributed by atoms with Gasteiger partial charge in [-0.05, 0) is 111 Å². The number of rotatable bonds is 3. The summed E-state index contributed by atoms with van der Waals surface area (Å²) >= 11 is 0. The fourth-order valence-corrected chi connectivity index (χ4v) is 8.98. The first kappa shape index (κ1) is 24.8. The van der Waals surface area contributed by atoms with Crippen LogP contribution in [0.25, 0.3) is 0 Å². The van der Waals surface area contributed by atoms with Gasteiger partial charge >= 0.3 is 10.4 Å². The number of ketones is 1. The number of pyridine rings is 1. The van der Waals surface area contributed by atoms with Crippen LogP contribution in [0.3, 0.4) is 0 Å². The Hall–Kier alpha value is -1.31. The molecular weight excluding hydrogens is 438 g/mol. The molecule has 0 radical (unpaired) electrons. The van der Waals surface area contributed by atoms with Gasteiger partial charge in [-0.15, -0.1) is 0 Å². The van der Waals surface area contributed by atoms with Crippen molar-refractivity contribution in [2.24, 2.45) is 40.4 Å². The molecule has 5 rings (SSSR count). The molecule has 4 aliphatic rings. The van der Waals surface area contributed by atoms with Crippen molar-refractivity contribution in [1.29, 1.82) is 0 Å². The van der Waals surface area contributed by atoms with Gasteiger partial charge in [0.05, 0.1) is 6.10 Å². The first-order valence-electron chi connectivity index (χ1n) is 12.6. The number of nitrogens with zero attached hydrogens (tertiary/aromatic N) is 1. The third-order valence-corrected chi connectivity index (χ3v) is 10.4. The Bertz CT molecular complexity index is 911. The number of fused-ring (bicyclic) bond motifs is 5. The van der Waals surface area contributed by atoms with Gasteiger partial charge in [0, 0.05) is 18.3 Å². The molecule has 4 saturated carbocycles. The standard InChI is InChI=1S/C21H34O5S.C5H5N/c1-13(22)17-6-7-18-16-5-4-14-12-15(26-27(23,24)25)8-10-20(14,2)19(16)9-11-21(17,18)3;1-2-4-6-5-3-1/h14-19H,4-12H2,1-3H3,(H,23,24,25);1-5H. The maximum Gasteiger partial charge on any atom is 0.397 e. The third-order valence-electron chi connectivity index (χ3n) is 9.93. The van der Waals surface area contributed by atoms with Crippen molar-refractivity contribution in [2.75, 3.05) is 0 Å². The van der Waals surface area contributed by atoms with E-state index in [0.717, 1.165) is 32.1 Å². The van der Waals surface area contributed by atoms with Gasteiger partial charge in [0.15, 0.2) is 0 Å². The molecule has 8 unspecified atom stereocenters. The zero-order valence-corrected chi connectivity index (χ0v) is 21.0. The van der Waals surface area contributed by atoms with Crippen molar-refractivity contribution in [3.8, 4) is 0 Å². The minimum Gasteiger partial charge on any atom is -0.300 e. The Labute approximate surface area is 198 Å². The van der Waals surface area contributed by atoms with E-state index in [0.29, 0.717) is 35.9 Å². The third kappa shape index (κ3) is 4.92. The monoisotopic (exact) mass is 477 g/mol. The minimum atomic E-state index is -4.37. The molecule has 1 heterocycles. The molecule has 0 saturated heterocycles. The van der Waals surface area contributed by atoms with Gasteiger partial charge in [0.1, 0.15) is 5.78 Å². The van der Waals surface area contributed by atoms with E-state index in [1.54, 1.807) is 19.3 Å². The topological polar surface area (TPSA) is 93.6 Å². The quantitative estimate of drug-likeness (QED) is 0.578. The molecule has 0 aromatic carbocycles. The summed E-state index contributed by atoms with van der Waals surface area (Å²) in [6.07, 6.45) is 12.4. The summed E-state index contributed by atoms with van der Waals surface area (Å²) in [5.74, 6) is 3.12. The molecule has 1 N–H and O–H groups in total. The Balaban J connectivity index is 0.000000376. The minimum absolute atomic E-state index is 0.182. The summed E-state index contributed by atoms with van der Waals surface area (Å²) in [4.78, 5) is 16.0. The second kappa shape index (κ2) is 9.38. The van der Waals surface area contributed by atoms with Crippen molar-refractivity contribution in [3.63, 3.8) is 0 Å². The van der Waals surface area contributed by atoms with Crippen molar-refractivity contribution in [1.82, 2.24) is 4.98 Å². The number of aromatic nitrogens is 1. The first-order valence-corrected chi connectivity index (χ1v) is 13.9. The van der Waals surface area contributed by atoms with Crippen LogP contribution in [0.4, 0.5) is 0 Å². The lowest BCUT2D eigenvalue weighted by atomic mass is 9.44. The molecule has 1 aromatic rings. The van der Waals surface area contributed by atoms with Crippen LogP contribution in [0.5, 0.6) is 0 Å². The van der Waals surface area contributed by atoms with E-state index < -0.39 is 10.4 Å². The van der Waals surface area contributed by atoms with Gasteiger partial charge in [0.2, 0.25) is 0 Å². The van der Waals surface area contributed by atoms with Crippen LogP contribution in [-0.2, 0) is 19.4 Å². The van der Waals surface area contributed by atoms with Gasteiger partial charge in [-0.3, -0.25) is 14.3 Å².